The molecule has 0 aliphatic heterocycles. The van der Waals surface area contributed by atoms with E-state index in [4.69, 9.17) is 9.47 Å². The summed E-state index contributed by atoms with van der Waals surface area (Å²) in [6.45, 7) is 0. The Morgan fingerprint density at radius 3 is 2.31 bits per heavy atom. The van der Waals surface area contributed by atoms with Crippen molar-refractivity contribution in [3.8, 4) is 17.2 Å². The fraction of sp³-hybridized carbons (Fsp3) is 0.143. The number of Topliss-reactive ketones (excluding diaryl/α,β-unsaturated/α-hetero) is 2. The summed E-state index contributed by atoms with van der Waals surface area (Å²) in [7, 11) is 2.83. The van der Waals surface area contributed by atoms with E-state index in [1.54, 1.807) is 12.1 Å². The predicted octanol–water partition coefficient (Wildman–Crippen LogP) is 4.02. The van der Waals surface area contributed by atoms with Crippen molar-refractivity contribution in [1.82, 2.24) is 0 Å². The van der Waals surface area contributed by atoms with Crippen LogP contribution in [0.1, 0.15) is 27.1 Å². The number of phenols is 1. The number of fused-ring (bicyclic) bond motifs is 1. The summed E-state index contributed by atoms with van der Waals surface area (Å²) in [6, 6.07) is 15.8. The summed E-state index contributed by atoms with van der Waals surface area (Å²) < 4.78 is 10.2. The van der Waals surface area contributed by atoms with Gasteiger partial charge in [-0.1, -0.05) is 36.4 Å². The van der Waals surface area contributed by atoms with E-state index in [1.807, 2.05) is 30.3 Å². The third-order valence-electron chi connectivity index (χ3n) is 4.18. The van der Waals surface area contributed by atoms with Crippen molar-refractivity contribution >= 4 is 22.3 Å². The molecule has 0 heterocycles. The lowest BCUT2D eigenvalue weighted by atomic mass is 9.98. The number of benzene rings is 3. The highest BCUT2D eigenvalue weighted by atomic mass is 16.5. The smallest absolute Gasteiger partial charge is 0.178 e. The minimum absolute atomic E-state index is 0.0255. The molecule has 0 radical (unpaired) electrons. The molecule has 0 amide bonds. The molecule has 5 heteroatoms. The minimum atomic E-state index is -0.514. The number of carbonyl (C=O) groups excluding carboxylic acids is 2. The first-order chi connectivity index (χ1) is 12.5. The van der Waals surface area contributed by atoms with Crippen LogP contribution < -0.4 is 9.47 Å². The van der Waals surface area contributed by atoms with Crippen LogP contribution in [0.15, 0.2) is 54.6 Å². The van der Waals surface area contributed by atoms with Gasteiger partial charge in [-0.15, -0.1) is 0 Å². The summed E-state index contributed by atoms with van der Waals surface area (Å²) in [4.78, 5) is 25.1. The van der Waals surface area contributed by atoms with Crippen molar-refractivity contribution in [2.24, 2.45) is 0 Å². The molecule has 3 aromatic rings. The molecule has 0 aliphatic rings. The molecule has 3 aromatic carbocycles. The van der Waals surface area contributed by atoms with Gasteiger partial charge < -0.3 is 14.6 Å². The zero-order valence-corrected chi connectivity index (χ0v) is 14.5. The molecule has 0 saturated carbocycles. The Bertz CT molecular complexity index is 991. The first-order valence-electron chi connectivity index (χ1n) is 8.03. The van der Waals surface area contributed by atoms with Crippen LogP contribution in [-0.2, 0) is 0 Å². The molecular weight excluding hydrogens is 332 g/mol. The van der Waals surface area contributed by atoms with Crippen molar-refractivity contribution in [3.63, 3.8) is 0 Å². The second-order valence-electron chi connectivity index (χ2n) is 5.81. The van der Waals surface area contributed by atoms with Crippen molar-refractivity contribution in [2.75, 3.05) is 14.2 Å². The quantitative estimate of drug-likeness (QED) is 0.537. The fourth-order valence-corrected chi connectivity index (χ4v) is 2.83. The average Bonchev–Trinajstić information content (AvgIpc) is 2.66. The number of carbonyl (C=O) groups is 2. The van der Waals surface area contributed by atoms with Crippen LogP contribution in [0, 0.1) is 0 Å². The number of hydrogen-bond donors (Lipinski definition) is 1. The highest BCUT2D eigenvalue weighted by Gasteiger charge is 2.22. The third-order valence-corrected chi connectivity index (χ3v) is 4.18. The molecule has 0 aromatic heterocycles. The maximum atomic E-state index is 12.6. The van der Waals surface area contributed by atoms with Crippen LogP contribution >= 0.6 is 0 Å². The Balaban J connectivity index is 1.88. The maximum Gasteiger partial charge on any atom is 0.178 e. The molecule has 0 aliphatic carbocycles. The summed E-state index contributed by atoms with van der Waals surface area (Å²) in [6.07, 6.45) is -0.366. The standard InChI is InChI=1S/C21H18O5/c1-25-16-10-18(23)21(20(11-16)26-2)19(24)12-17(22)15-8-7-13-5-3-4-6-14(13)9-15/h3-11,23H,12H2,1-2H3. The molecule has 132 valence electrons. The Morgan fingerprint density at radius 2 is 1.62 bits per heavy atom. The third kappa shape index (κ3) is 3.37. The van der Waals surface area contributed by atoms with E-state index in [0.29, 0.717) is 11.3 Å². The fourth-order valence-electron chi connectivity index (χ4n) is 2.83. The monoisotopic (exact) mass is 350 g/mol. The first-order valence-corrected chi connectivity index (χ1v) is 8.03. The molecule has 0 fully saturated rings. The van der Waals surface area contributed by atoms with Gasteiger partial charge >= 0.3 is 0 Å². The second kappa shape index (κ2) is 7.27. The van der Waals surface area contributed by atoms with Gasteiger partial charge in [-0.2, -0.15) is 0 Å². The molecule has 0 saturated heterocycles. The van der Waals surface area contributed by atoms with E-state index in [0.717, 1.165) is 10.8 Å². The van der Waals surface area contributed by atoms with E-state index in [9.17, 15) is 14.7 Å². The van der Waals surface area contributed by atoms with Crippen molar-refractivity contribution in [1.29, 1.82) is 0 Å². The van der Waals surface area contributed by atoms with Crippen LogP contribution in [0.25, 0.3) is 10.8 Å². The van der Waals surface area contributed by atoms with Gasteiger partial charge in [-0.05, 0) is 16.8 Å². The molecule has 3 rings (SSSR count). The molecule has 0 bridgehead atoms. The van der Waals surface area contributed by atoms with Crippen molar-refractivity contribution in [2.45, 2.75) is 6.42 Å². The van der Waals surface area contributed by atoms with Crippen LogP contribution in [-0.4, -0.2) is 30.9 Å². The predicted molar refractivity (Wildman–Crippen MR) is 98.4 cm³/mol. The van der Waals surface area contributed by atoms with E-state index in [1.165, 1.54) is 26.4 Å². The van der Waals surface area contributed by atoms with Gasteiger partial charge in [-0.3, -0.25) is 9.59 Å². The number of hydrogen-bond acceptors (Lipinski definition) is 5. The van der Waals surface area contributed by atoms with Gasteiger partial charge in [-0.25, -0.2) is 0 Å². The van der Waals surface area contributed by atoms with Crippen LogP contribution in [0.4, 0.5) is 0 Å². The van der Waals surface area contributed by atoms with Crippen LogP contribution in [0.2, 0.25) is 0 Å². The molecule has 5 nitrogen and oxygen atoms in total. The van der Waals surface area contributed by atoms with E-state index in [2.05, 4.69) is 0 Å². The number of rotatable bonds is 6. The van der Waals surface area contributed by atoms with E-state index >= 15 is 0 Å². The Kier molecular flexibility index (Phi) is 4.89. The topological polar surface area (TPSA) is 72.8 Å². The van der Waals surface area contributed by atoms with Crippen LogP contribution in [0.3, 0.4) is 0 Å². The maximum absolute atomic E-state index is 12.6. The molecule has 26 heavy (non-hydrogen) atoms. The zero-order valence-electron chi connectivity index (χ0n) is 14.5. The molecule has 0 atom stereocenters. The molecule has 0 spiro atoms. The lowest BCUT2D eigenvalue weighted by molar-refractivity contribution is 0.0891. The number of ether oxygens (including phenoxy) is 2. The summed E-state index contributed by atoms with van der Waals surface area (Å²) in [5.74, 6) is -0.592. The molecular formula is C21H18O5. The second-order valence-corrected chi connectivity index (χ2v) is 5.81. The van der Waals surface area contributed by atoms with Gasteiger partial charge in [0.25, 0.3) is 0 Å². The molecule has 1 N–H and O–H groups in total. The van der Waals surface area contributed by atoms with E-state index in [-0.39, 0.29) is 29.3 Å². The number of methoxy groups -OCH3 is 2. The molecule has 0 unspecified atom stereocenters. The minimum Gasteiger partial charge on any atom is -0.507 e. The number of aromatic hydroxyl groups is 1. The normalized spacial score (nSPS) is 10.5. The first kappa shape index (κ1) is 17.5. The highest BCUT2D eigenvalue weighted by molar-refractivity contribution is 6.16. The zero-order chi connectivity index (χ0) is 18.7. The lowest BCUT2D eigenvalue weighted by Crippen LogP contribution is -2.10. The van der Waals surface area contributed by atoms with Crippen LogP contribution in [0.5, 0.6) is 17.2 Å². The SMILES string of the molecule is COc1cc(O)c(C(=O)CC(=O)c2ccc3ccccc3c2)c(OC)c1. The Labute approximate surface area is 150 Å². The largest absolute Gasteiger partial charge is 0.507 e. The van der Waals surface area contributed by atoms with Gasteiger partial charge in [0.1, 0.15) is 22.8 Å². The van der Waals surface area contributed by atoms with Crippen molar-refractivity contribution in [3.05, 3.63) is 65.7 Å². The van der Waals surface area contributed by atoms with Gasteiger partial charge in [0, 0.05) is 17.7 Å². The summed E-state index contributed by atoms with van der Waals surface area (Å²) >= 11 is 0. The van der Waals surface area contributed by atoms with E-state index < -0.39 is 5.78 Å². The lowest BCUT2D eigenvalue weighted by Gasteiger charge is -2.11. The Morgan fingerprint density at radius 1 is 0.885 bits per heavy atom. The summed E-state index contributed by atoms with van der Waals surface area (Å²) in [5, 5.41) is 12.1. The van der Waals surface area contributed by atoms with Gasteiger partial charge in [0.15, 0.2) is 11.6 Å². The van der Waals surface area contributed by atoms with Crippen molar-refractivity contribution < 1.29 is 24.2 Å². The highest BCUT2D eigenvalue weighted by Crippen LogP contribution is 2.34. The van der Waals surface area contributed by atoms with Gasteiger partial charge in [0.2, 0.25) is 0 Å². The average molecular weight is 350 g/mol. The van der Waals surface area contributed by atoms with Gasteiger partial charge in [0.05, 0.1) is 20.6 Å². The number of phenolic OH excluding ortho intramolecular Hbond substituents is 1. The summed E-state index contributed by atoms with van der Waals surface area (Å²) in [5.41, 5.74) is 0.423. The number of ketones is 2. The Hall–Kier alpha value is -3.34.